The summed E-state index contributed by atoms with van der Waals surface area (Å²) in [4.78, 5) is 23.1. The summed E-state index contributed by atoms with van der Waals surface area (Å²) in [6, 6.07) is 9.66. The Bertz CT molecular complexity index is 990. The summed E-state index contributed by atoms with van der Waals surface area (Å²) < 4.78 is 6.81. The van der Waals surface area contributed by atoms with Crippen LogP contribution in [0.15, 0.2) is 44.9 Å². The molecule has 0 aliphatic heterocycles. The van der Waals surface area contributed by atoms with E-state index in [9.17, 15) is 20.2 Å². The Labute approximate surface area is 178 Å². The van der Waals surface area contributed by atoms with Gasteiger partial charge in [0.1, 0.15) is 23.1 Å². The summed E-state index contributed by atoms with van der Waals surface area (Å²) in [7, 11) is 0. The van der Waals surface area contributed by atoms with Gasteiger partial charge in [-0.15, -0.1) is 0 Å². The van der Waals surface area contributed by atoms with E-state index in [4.69, 9.17) is 4.74 Å². The van der Waals surface area contributed by atoms with Crippen molar-refractivity contribution in [2.75, 3.05) is 11.9 Å². The predicted molar refractivity (Wildman–Crippen MR) is 113 cm³/mol. The van der Waals surface area contributed by atoms with Crippen LogP contribution in [0.4, 0.5) is 11.4 Å². The Morgan fingerprint density at radius 1 is 1.32 bits per heavy atom. The minimum Gasteiger partial charge on any atom is -0.492 e. The fourth-order valence-corrected chi connectivity index (χ4v) is 3.80. The summed E-state index contributed by atoms with van der Waals surface area (Å²) in [5.74, 6) is -0.131. The molecule has 1 amide bonds. The number of anilines is 1. The van der Waals surface area contributed by atoms with Crippen LogP contribution in [-0.4, -0.2) is 17.4 Å². The van der Waals surface area contributed by atoms with E-state index in [1.165, 1.54) is 18.2 Å². The van der Waals surface area contributed by atoms with E-state index >= 15 is 0 Å². The molecule has 2 rings (SSSR count). The second kappa shape index (κ2) is 9.48. The first-order valence-electron chi connectivity index (χ1n) is 8.06. The van der Waals surface area contributed by atoms with Gasteiger partial charge in [0.2, 0.25) is 0 Å². The molecule has 0 bridgehead atoms. The van der Waals surface area contributed by atoms with E-state index in [1.54, 1.807) is 25.1 Å². The van der Waals surface area contributed by atoms with Crippen molar-refractivity contribution in [1.82, 2.24) is 0 Å². The van der Waals surface area contributed by atoms with Gasteiger partial charge >= 0.3 is 0 Å². The van der Waals surface area contributed by atoms with Gasteiger partial charge in [0, 0.05) is 6.07 Å². The number of halogens is 2. The van der Waals surface area contributed by atoms with Gasteiger partial charge in [-0.1, -0.05) is 6.07 Å². The van der Waals surface area contributed by atoms with Gasteiger partial charge in [0.05, 0.1) is 20.5 Å². The van der Waals surface area contributed by atoms with Crippen LogP contribution in [0.5, 0.6) is 5.75 Å². The molecule has 0 unspecified atom stereocenters. The van der Waals surface area contributed by atoms with Crippen LogP contribution in [0, 0.1) is 28.4 Å². The van der Waals surface area contributed by atoms with Crippen molar-refractivity contribution in [2.45, 2.75) is 13.8 Å². The first-order valence-corrected chi connectivity index (χ1v) is 9.65. The largest absolute Gasteiger partial charge is 0.492 e. The number of amides is 1. The van der Waals surface area contributed by atoms with Crippen LogP contribution in [0.2, 0.25) is 0 Å². The van der Waals surface area contributed by atoms with Crippen molar-refractivity contribution >= 4 is 55.2 Å². The number of hydrogen-bond acceptors (Lipinski definition) is 5. The van der Waals surface area contributed by atoms with Crippen LogP contribution < -0.4 is 10.1 Å². The highest BCUT2D eigenvalue weighted by Gasteiger charge is 2.18. The van der Waals surface area contributed by atoms with Gasteiger partial charge in [0.25, 0.3) is 11.6 Å². The van der Waals surface area contributed by atoms with E-state index in [0.717, 1.165) is 0 Å². The summed E-state index contributed by atoms with van der Waals surface area (Å²) in [5, 5.41) is 23.0. The first-order chi connectivity index (χ1) is 13.3. The topological polar surface area (TPSA) is 105 Å². The molecule has 0 aromatic heterocycles. The second-order valence-electron chi connectivity index (χ2n) is 5.65. The SMILES string of the molecule is CCOc1c(Br)cc(/C=C(\C#N)C(=O)Nc2ccc(C)cc2[N+](=O)[O-])cc1Br. The molecule has 0 radical (unpaired) electrons. The maximum atomic E-state index is 12.5. The van der Waals surface area contributed by atoms with Gasteiger partial charge in [-0.3, -0.25) is 14.9 Å². The van der Waals surface area contributed by atoms with Crippen LogP contribution in [0.3, 0.4) is 0 Å². The molecule has 28 heavy (non-hydrogen) atoms. The van der Waals surface area contributed by atoms with Gasteiger partial charge < -0.3 is 10.1 Å². The number of carbonyl (C=O) groups is 1. The molecule has 7 nitrogen and oxygen atoms in total. The van der Waals surface area contributed by atoms with Crippen LogP contribution >= 0.6 is 31.9 Å². The van der Waals surface area contributed by atoms with Crippen molar-refractivity contribution in [3.05, 3.63) is 66.1 Å². The van der Waals surface area contributed by atoms with Crippen molar-refractivity contribution in [2.24, 2.45) is 0 Å². The predicted octanol–water partition coefficient (Wildman–Crippen LogP) is 5.37. The molecular weight excluding hydrogens is 494 g/mol. The van der Waals surface area contributed by atoms with E-state index < -0.39 is 10.8 Å². The van der Waals surface area contributed by atoms with Crippen molar-refractivity contribution in [3.8, 4) is 11.8 Å². The lowest BCUT2D eigenvalue weighted by molar-refractivity contribution is -0.384. The Morgan fingerprint density at radius 3 is 2.50 bits per heavy atom. The standard InChI is InChI=1S/C19H15Br2N3O4/c1-3-28-18-14(20)8-12(9-15(18)21)7-13(10-22)19(25)23-16-5-4-11(2)6-17(16)24(26)27/h4-9H,3H2,1-2H3,(H,23,25)/b13-7+. The minimum absolute atomic E-state index is 0.0239. The Hall–Kier alpha value is -2.70. The summed E-state index contributed by atoms with van der Waals surface area (Å²) in [6.07, 6.45) is 1.39. The average Bonchev–Trinajstić information content (AvgIpc) is 2.63. The molecule has 0 saturated carbocycles. The third-order valence-corrected chi connectivity index (χ3v) is 4.76. The highest BCUT2D eigenvalue weighted by molar-refractivity contribution is 9.11. The van der Waals surface area contributed by atoms with Gasteiger partial charge in [-0.2, -0.15) is 5.26 Å². The first kappa shape index (κ1) is 21.6. The van der Waals surface area contributed by atoms with Crippen molar-refractivity contribution in [3.63, 3.8) is 0 Å². The average molecular weight is 509 g/mol. The molecule has 1 N–H and O–H groups in total. The minimum atomic E-state index is -0.740. The summed E-state index contributed by atoms with van der Waals surface area (Å²) >= 11 is 6.78. The normalized spacial score (nSPS) is 10.9. The Kier molecular flexibility index (Phi) is 7.31. The number of nitro benzene ring substituents is 1. The number of nitrogens with one attached hydrogen (secondary N) is 1. The van der Waals surface area contributed by atoms with Crippen molar-refractivity contribution < 1.29 is 14.5 Å². The quantitative estimate of drug-likeness (QED) is 0.244. The van der Waals surface area contributed by atoms with E-state index in [2.05, 4.69) is 37.2 Å². The van der Waals surface area contributed by atoms with Gasteiger partial charge in [-0.25, -0.2) is 0 Å². The molecule has 0 aliphatic rings. The number of hydrogen-bond donors (Lipinski definition) is 1. The van der Waals surface area contributed by atoms with Gasteiger partial charge in [-0.05, 0) is 81.1 Å². The fourth-order valence-electron chi connectivity index (χ4n) is 2.35. The van der Waals surface area contributed by atoms with Crippen LogP contribution in [-0.2, 0) is 4.79 Å². The fraction of sp³-hybridized carbons (Fsp3) is 0.158. The molecule has 0 aliphatic carbocycles. The molecule has 144 valence electrons. The number of benzene rings is 2. The third-order valence-electron chi connectivity index (χ3n) is 3.58. The second-order valence-corrected chi connectivity index (χ2v) is 7.36. The molecule has 0 fully saturated rings. The molecular formula is C19H15Br2N3O4. The molecule has 2 aromatic carbocycles. The van der Waals surface area contributed by atoms with Crippen molar-refractivity contribution in [1.29, 1.82) is 5.26 Å². The lowest BCUT2D eigenvalue weighted by Gasteiger charge is -2.10. The zero-order valence-corrected chi connectivity index (χ0v) is 18.1. The van der Waals surface area contributed by atoms with Crippen LogP contribution in [0.1, 0.15) is 18.1 Å². The molecule has 2 aromatic rings. The number of aryl methyl sites for hydroxylation is 1. The highest BCUT2D eigenvalue weighted by Crippen LogP contribution is 2.35. The molecule has 0 atom stereocenters. The Balaban J connectivity index is 2.35. The zero-order valence-electron chi connectivity index (χ0n) is 15.0. The molecule has 0 spiro atoms. The number of ether oxygens (including phenoxy) is 1. The van der Waals surface area contributed by atoms with Gasteiger partial charge in [0.15, 0.2) is 0 Å². The van der Waals surface area contributed by atoms with E-state index in [0.29, 0.717) is 32.4 Å². The maximum Gasteiger partial charge on any atom is 0.293 e. The zero-order chi connectivity index (χ0) is 20.8. The molecule has 0 saturated heterocycles. The maximum absolute atomic E-state index is 12.5. The summed E-state index contributed by atoms with van der Waals surface area (Å²) in [6.45, 7) is 4.05. The number of nitro groups is 1. The third kappa shape index (κ3) is 5.18. The highest BCUT2D eigenvalue weighted by atomic mass is 79.9. The Morgan fingerprint density at radius 2 is 1.96 bits per heavy atom. The molecule has 9 heteroatoms. The number of rotatable bonds is 6. The lowest BCUT2D eigenvalue weighted by Crippen LogP contribution is -2.14. The number of carbonyl (C=O) groups excluding carboxylic acids is 1. The van der Waals surface area contributed by atoms with E-state index in [1.807, 2.05) is 13.0 Å². The lowest BCUT2D eigenvalue weighted by atomic mass is 10.1. The number of nitrogens with zero attached hydrogens (tertiary/aromatic N) is 2. The van der Waals surface area contributed by atoms with E-state index in [-0.39, 0.29) is 16.9 Å². The van der Waals surface area contributed by atoms with Crippen LogP contribution in [0.25, 0.3) is 6.08 Å². The monoisotopic (exact) mass is 507 g/mol. The molecule has 0 heterocycles. The summed E-state index contributed by atoms with van der Waals surface area (Å²) in [5.41, 5.74) is 0.850. The number of nitriles is 1. The smallest absolute Gasteiger partial charge is 0.293 e.